The summed E-state index contributed by atoms with van der Waals surface area (Å²) in [7, 11) is 0. The fraction of sp³-hybridized carbons (Fsp3) is 0.385. The van der Waals surface area contributed by atoms with Gasteiger partial charge in [0.2, 0.25) is 0 Å². The van der Waals surface area contributed by atoms with Gasteiger partial charge in [-0.2, -0.15) is 5.10 Å². The van der Waals surface area contributed by atoms with Crippen molar-refractivity contribution in [3.8, 4) is 11.4 Å². The molecule has 3 rings (SSSR count). The highest BCUT2D eigenvalue weighted by Crippen LogP contribution is 2.34. The van der Waals surface area contributed by atoms with Crippen molar-refractivity contribution in [3.05, 3.63) is 34.6 Å². The average molecular weight is 292 g/mol. The Kier molecular flexibility index (Phi) is 2.74. The van der Waals surface area contributed by atoms with Gasteiger partial charge in [0, 0.05) is 11.9 Å². The van der Waals surface area contributed by atoms with Crippen molar-refractivity contribution in [1.82, 2.24) is 14.8 Å². The third-order valence-corrected chi connectivity index (χ3v) is 3.85. The molecule has 1 aliphatic rings. The van der Waals surface area contributed by atoms with Gasteiger partial charge in [0.05, 0.1) is 16.2 Å². The van der Waals surface area contributed by atoms with Crippen LogP contribution in [-0.2, 0) is 0 Å². The molecule has 1 saturated carbocycles. The molecule has 0 bridgehead atoms. The van der Waals surface area contributed by atoms with Crippen LogP contribution in [0.5, 0.6) is 0 Å². The molecule has 17 heavy (non-hydrogen) atoms. The van der Waals surface area contributed by atoms with Gasteiger partial charge in [-0.05, 0) is 54.2 Å². The number of nitrogens with zero attached hydrogens (tertiary/aromatic N) is 3. The number of aryl methyl sites for hydroxylation is 1. The minimum absolute atomic E-state index is 0.588. The number of halogens is 1. The monoisotopic (exact) mass is 291 g/mol. The fourth-order valence-corrected chi connectivity index (χ4v) is 2.55. The van der Waals surface area contributed by atoms with Gasteiger partial charge in [-0.15, -0.1) is 0 Å². The Morgan fingerprint density at radius 1 is 1.35 bits per heavy atom. The molecule has 0 radical (unpaired) electrons. The second-order valence-electron chi connectivity index (χ2n) is 4.55. The van der Waals surface area contributed by atoms with Gasteiger partial charge < -0.3 is 0 Å². The Hall–Kier alpha value is -1.16. The largest absolute Gasteiger partial charge is 0.268 e. The van der Waals surface area contributed by atoms with E-state index >= 15 is 0 Å². The molecule has 0 aliphatic heterocycles. The molecular weight excluding hydrogens is 278 g/mol. The molecule has 4 heteroatoms. The first-order valence-electron chi connectivity index (χ1n) is 5.93. The molecule has 0 N–H and O–H groups in total. The Bertz CT molecular complexity index is 543. The van der Waals surface area contributed by atoms with Crippen molar-refractivity contribution < 1.29 is 0 Å². The maximum Gasteiger partial charge on any atom is 0.125 e. The van der Waals surface area contributed by atoms with Crippen LogP contribution in [0.15, 0.2) is 28.9 Å². The summed E-state index contributed by atoms with van der Waals surface area (Å²) in [5, 5.41) is 4.65. The van der Waals surface area contributed by atoms with E-state index < -0.39 is 0 Å². The summed E-state index contributed by atoms with van der Waals surface area (Å²) >= 11 is 3.58. The molecule has 3 nitrogen and oxygen atoms in total. The highest BCUT2D eigenvalue weighted by Gasteiger charge is 2.22. The van der Waals surface area contributed by atoms with Gasteiger partial charge in [-0.1, -0.05) is 6.07 Å². The molecule has 2 aromatic heterocycles. The molecule has 0 spiro atoms. The zero-order valence-electron chi connectivity index (χ0n) is 9.73. The van der Waals surface area contributed by atoms with E-state index in [9.17, 15) is 0 Å². The number of aromatic nitrogens is 3. The van der Waals surface area contributed by atoms with Crippen molar-refractivity contribution >= 4 is 15.9 Å². The lowest BCUT2D eigenvalue weighted by Gasteiger charge is -2.25. The third kappa shape index (κ3) is 2.02. The number of hydrogen-bond acceptors (Lipinski definition) is 2. The number of rotatable bonds is 2. The summed E-state index contributed by atoms with van der Waals surface area (Å²) in [5.74, 6) is 0. The number of pyridine rings is 1. The van der Waals surface area contributed by atoms with Gasteiger partial charge in [-0.3, -0.25) is 9.67 Å². The molecule has 0 amide bonds. The molecule has 1 fully saturated rings. The lowest BCUT2D eigenvalue weighted by molar-refractivity contribution is 0.289. The van der Waals surface area contributed by atoms with Gasteiger partial charge in [-0.25, -0.2) is 0 Å². The van der Waals surface area contributed by atoms with Crippen molar-refractivity contribution in [3.63, 3.8) is 0 Å². The lowest BCUT2D eigenvalue weighted by atomic mass is 9.93. The molecule has 0 unspecified atom stereocenters. The smallest absolute Gasteiger partial charge is 0.125 e. The van der Waals surface area contributed by atoms with Crippen LogP contribution in [0.2, 0.25) is 0 Å². The van der Waals surface area contributed by atoms with Crippen molar-refractivity contribution in [1.29, 1.82) is 0 Å². The van der Waals surface area contributed by atoms with Crippen LogP contribution in [0.1, 0.15) is 31.0 Å². The SMILES string of the molecule is Cc1cccc(-c2nn(C3CCC3)cc2Br)n1. The van der Waals surface area contributed by atoms with Crippen LogP contribution in [0.25, 0.3) is 11.4 Å². The summed E-state index contributed by atoms with van der Waals surface area (Å²) in [5.41, 5.74) is 2.91. The van der Waals surface area contributed by atoms with Gasteiger partial charge in [0.15, 0.2) is 0 Å². The first-order valence-corrected chi connectivity index (χ1v) is 6.72. The summed E-state index contributed by atoms with van der Waals surface area (Å²) in [6.45, 7) is 2.00. The molecule has 2 heterocycles. The van der Waals surface area contributed by atoms with E-state index in [0.29, 0.717) is 6.04 Å². The van der Waals surface area contributed by atoms with E-state index in [4.69, 9.17) is 0 Å². The quantitative estimate of drug-likeness (QED) is 0.844. The van der Waals surface area contributed by atoms with Crippen LogP contribution in [0.4, 0.5) is 0 Å². The fourth-order valence-electron chi connectivity index (χ4n) is 2.06. The van der Waals surface area contributed by atoms with Gasteiger partial charge >= 0.3 is 0 Å². The highest BCUT2D eigenvalue weighted by atomic mass is 79.9. The predicted octanol–water partition coefficient (Wildman–Crippen LogP) is 3.74. The van der Waals surface area contributed by atoms with Crippen molar-refractivity contribution in [2.75, 3.05) is 0 Å². The molecular formula is C13H14BrN3. The third-order valence-electron chi connectivity index (χ3n) is 3.27. The topological polar surface area (TPSA) is 30.7 Å². The Morgan fingerprint density at radius 2 is 2.18 bits per heavy atom. The summed E-state index contributed by atoms with van der Waals surface area (Å²) in [6, 6.07) is 6.61. The normalized spacial score (nSPS) is 15.9. The van der Waals surface area contributed by atoms with Crippen LogP contribution >= 0.6 is 15.9 Å². The standard InChI is InChI=1S/C13H14BrN3/c1-9-4-2-7-12(15-9)13-11(14)8-17(16-13)10-5-3-6-10/h2,4,7-8,10H,3,5-6H2,1H3. The summed E-state index contributed by atoms with van der Waals surface area (Å²) in [6.07, 6.45) is 5.88. The summed E-state index contributed by atoms with van der Waals surface area (Å²) < 4.78 is 3.11. The molecule has 88 valence electrons. The Balaban J connectivity index is 1.99. The van der Waals surface area contributed by atoms with Crippen LogP contribution in [0.3, 0.4) is 0 Å². The van der Waals surface area contributed by atoms with E-state index in [2.05, 4.69) is 36.9 Å². The maximum absolute atomic E-state index is 4.65. The number of hydrogen-bond donors (Lipinski definition) is 0. The lowest BCUT2D eigenvalue weighted by Crippen LogP contribution is -2.17. The van der Waals surface area contributed by atoms with Crippen molar-refractivity contribution in [2.45, 2.75) is 32.2 Å². The molecule has 1 aliphatic carbocycles. The maximum atomic E-state index is 4.65. The van der Waals surface area contributed by atoms with E-state index in [1.54, 1.807) is 0 Å². The van der Waals surface area contributed by atoms with Gasteiger partial charge in [0.25, 0.3) is 0 Å². The average Bonchev–Trinajstić information content (AvgIpc) is 2.57. The van der Waals surface area contributed by atoms with Crippen LogP contribution in [-0.4, -0.2) is 14.8 Å². The van der Waals surface area contributed by atoms with Gasteiger partial charge in [0.1, 0.15) is 5.69 Å². The van der Waals surface area contributed by atoms with Crippen molar-refractivity contribution in [2.24, 2.45) is 0 Å². The second kappa shape index (κ2) is 4.26. The molecule has 0 saturated heterocycles. The molecule has 2 aromatic rings. The Labute approximate surface area is 109 Å². The second-order valence-corrected chi connectivity index (χ2v) is 5.41. The highest BCUT2D eigenvalue weighted by molar-refractivity contribution is 9.10. The molecule has 0 aromatic carbocycles. The van der Waals surface area contributed by atoms with Crippen LogP contribution < -0.4 is 0 Å². The van der Waals surface area contributed by atoms with E-state index in [1.807, 2.05) is 25.1 Å². The summed E-state index contributed by atoms with van der Waals surface area (Å²) in [4.78, 5) is 4.51. The minimum atomic E-state index is 0.588. The van der Waals surface area contributed by atoms with E-state index in [0.717, 1.165) is 21.6 Å². The molecule has 0 atom stereocenters. The Morgan fingerprint density at radius 3 is 2.82 bits per heavy atom. The zero-order chi connectivity index (χ0) is 11.8. The minimum Gasteiger partial charge on any atom is -0.268 e. The predicted molar refractivity (Wildman–Crippen MR) is 70.8 cm³/mol. The van der Waals surface area contributed by atoms with E-state index in [1.165, 1.54) is 19.3 Å². The van der Waals surface area contributed by atoms with E-state index in [-0.39, 0.29) is 0 Å². The first-order chi connectivity index (χ1) is 8.24. The zero-order valence-corrected chi connectivity index (χ0v) is 11.3. The first kappa shape index (κ1) is 11.0. The van der Waals surface area contributed by atoms with Crippen LogP contribution in [0, 0.1) is 6.92 Å².